The quantitative estimate of drug-likeness (QED) is 0.494. The van der Waals surface area contributed by atoms with Gasteiger partial charge in [-0.15, -0.1) is 0 Å². The Morgan fingerprint density at radius 3 is 2.85 bits per heavy atom. The summed E-state index contributed by atoms with van der Waals surface area (Å²) >= 11 is 0. The number of halogens is 3. The zero-order valence-corrected chi connectivity index (χ0v) is 13.8. The topological polar surface area (TPSA) is 84.4 Å². The fourth-order valence-electron chi connectivity index (χ4n) is 3.82. The molecule has 140 valence electrons. The van der Waals surface area contributed by atoms with E-state index in [1.807, 2.05) is 16.4 Å². The van der Waals surface area contributed by atoms with E-state index in [9.17, 15) is 18.3 Å². The molecule has 0 spiro atoms. The van der Waals surface area contributed by atoms with Crippen molar-refractivity contribution in [3.8, 4) is 0 Å². The summed E-state index contributed by atoms with van der Waals surface area (Å²) in [5.74, 6) is -0.775. The fourth-order valence-corrected chi connectivity index (χ4v) is 3.82. The summed E-state index contributed by atoms with van der Waals surface area (Å²) in [7, 11) is 0. The van der Waals surface area contributed by atoms with Gasteiger partial charge >= 0.3 is 6.18 Å². The summed E-state index contributed by atoms with van der Waals surface area (Å²) in [6, 6.07) is 5.43. The molecule has 2 aliphatic rings. The van der Waals surface area contributed by atoms with Crippen LogP contribution in [0.5, 0.6) is 0 Å². The zero-order chi connectivity index (χ0) is 18.5. The largest absolute Gasteiger partial charge is 0.392 e. The summed E-state index contributed by atoms with van der Waals surface area (Å²) in [5, 5.41) is 18.9. The maximum Gasteiger partial charge on any atom is 0.392 e. The number of imidazole rings is 1. The predicted octanol–water partition coefficient (Wildman–Crippen LogP) is 2.57. The number of hydrogen-bond donors (Lipinski definition) is 4. The van der Waals surface area contributed by atoms with Gasteiger partial charge in [0.15, 0.2) is 6.23 Å². The van der Waals surface area contributed by atoms with E-state index in [1.54, 1.807) is 12.1 Å². The van der Waals surface area contributed by atoms with Gasteiger partial charge in [0.05, 0.1) is 11.6 Å². The van der Waals surface area contributed by atoms with Crippen LogP contribution in [0.3, 0.4) is 0 Å². The highest BCUT2D eigenvalue weighted by atomic mass is 19.4. The molecule has 0 saturated carbocycles. The molecule has 0 radical (unpaired) electrons. The molecule has 2 aromatic rings. The molecule has 2 atom stereocenters. The van der Waals surface area contributed by atoms with Crippen LogP contribution in [-0.2, 0) is 25.9 Å². The number of aromatic amines is 1. The maximum atomic E-state index is 13.0. The smallest absolute Gasteiger partial charge is 0.372 e. The van der Waals surface area contributed by atoms with E-state index in [0.717, 1.165) is 11.1 Å². The minimum Gasteiger partial charge on any atom is -0.372 e. The molecule has 0 fully saturated rings. The molecule has 0 amide bonds. The van der Waals surface area contributed by atoms with E-state index in [2.05, 4.69) is 9.97 Å². The number of benzene rings is 1. The van der Waals surface area contributed by atoms with E-state index < -0.39 is 18.3 Å². The highest BCUT2D eigenvalue weighted by Gasteiger charge is 2.42. The second-order valence-electron chi connectivity index (χ2n) is 6.84. The number of alkyl halides is 3. The molecule has 0 saturated heterocycles. The highest BCUT2D eigenvalue weighted by molar-refractivity contribution is 5.48. The molecule has 9 heteroatoms. The Morgan fingerprint density at radius 2 is 2.12 bits per heavy atom. The molecule has 6 nitrogen and oxygen atoms in total. The van der Waals surface area contributed by atoms with Crippen molar-refractivity contribution < 1.29 is 23.5 Å². The van der Waals surface area contributed by atoms with Gasteiger partial charge in [0, 0.05) is 30.8 Å². The van der Waals surface area contributed by atoms with Crippen LogP contribution in [0.4, 0.5) is 19.1 Å². The van der Waals surface area contributed by atoms with Gasteiger partial charge < -0.3 is 20.2 Å². The average molecular weight is 368 g/mol. The highest BCUT2D eigenvalue weighted by Crippen LogP contribution is 2.38. The van der Waals surface area contributed by atoms with Crippen molar-refractivity contribution in [3.05, 3.63) is 46.3 Å². The summed E-state index contributed by atoms with van der Waals surface area (Å²) < 4.78 is 38.9. The Bertz CT molecular complexity index is 821. The van der Waals surface area contributed by atoms with Gasteiger partial charge in [-0.3, -0.25) is 0 Å². The number of aliphatic hydroxyl groups excluding tert-OH is 1. The lowest BCUT2D eigenvalue weighted by atomic mass is 9.89. The number of nitrogens with one attached hydrogen (secondary N) is 2. The first-order valence-electron chi connectivity index (χ1n) is 8.44. The molecule has 26 heavy (non-hydrogen) atoms. The van der Waals surface area contributed by atoms with E-state index in [0.29, 0.717) is 42.4 Å². The molecule has 4 rings (SSSR count). The van der Waals surface area contributed by atoms with Crippen molar-refractivity contribution in [2.45, 2.75) is 44.8 Å². The molecule has 0 bridgehead atoms. The average Bonchev–Trinajstić information content (AvgIpc) is 3.22. The van der Waals surface area contributed by atoms with E-state index >= 15 is 0 Å². The number of aryl methyl sites for hydroxylation is 1. The van der Waals surface area contributed by atoms with Crippen molar-refractivity contribution in [1.82, 2.24) is 15.4 Å². The minimum absolute atomic E-state index is 0.0645. The van der Waals surface area contributed by atoms with Crippen molar-refractivity contribution >= 4 is 5.95 Å². The van der Waals surface area contributed by atoms with E-state index in [-0.39, 0.29) is 12.8 Å². The number of aromatic nitrogens is 2. The number of fused-ring (bicyclic) bond motifs is 2. The zero-order valence-electron chi connectivity index (χ0n) is 13.8. The first kappa shape index (κ1) is 17.3. The summed E-state index contributed by atoms with van der Waals surface area (Å²) in [6.45, 7) is 0.996. The number of hydroxylamine groups is 1. The Labute approximate surface area is 147 Å². The van der Waals surface area contributed by atoms with Crippen LogP contribution in [0, 0.1) is 5.92 Å². The molecule has 1 aliphatic carbocycles. The van der Waals surface area contributed by atoms with Crippen LogP contribution in [0.1, 0.15) is 40.7 Å². The van der Waals surface area contributed by atoms with Crippen molar-refractivity contribution in [3.63, 3.8) is 0 Å². The molecule has 1 aromatic heterocycles. The molecular formula is C17H19F3N4O2. The number of nitrogens with zero attached hydrogens (tertiary/aromatic N) is 2. The number of rotatable bonds is 3. The lowest BCUT2D eigenvalue weighted by molar-refractivity contribution is -0.177. The second-order valence-corrected chi connectivity index (χ2v) is 6.84. The van der Waals surface area contributed by atoms with Crippen LogP contribution in [0.2, 0.25) is 0 Å². The molecule has 1 unspecified atom stereocenters. The fraction of sp³-hybridized carbons (Fsp3) is 0.471. The van der Waals surface area contributed by atoms with Gasteiger partial charge in [-0.2, -0.15) is 18.7 Å². The Morgan fingerprint density at radius 1 is 1.31 bits per heavy atom. The monoisotopic (exact) mass is 368 g/mol. The SMILES string of the molecule is ONC(O)c1cccc2c1CN(c1nc3c([nH]1)C[C@@H](C(F)(F)F)CC3)C2. The lowest BCUT2D eigenvalue weighted by Crippen LogP contribution is -2.28. The van der Waals surface area contributed by atoms with Crippen LogP contribution in [0.25, 0.3) is 0 Å². The Kier molecular flexibility index (Phi) is 4.17. The number of hydrogen-bond acceptors (Lipinski definition) is 5. The van der Waals surface area contributed by atoms with Crippen LogP contribution in [0.15, 0.2) is 18.2 Å². The van der Waals surface area contributed by atoms with Crippen molar-refractivity contribution in [2.75, 3.05) is 4.90 Å². The molecular weight excluding hydrogens is 349 g/mol. The van der Waals surface area contributed by atoms with Crippen molar-refractivity contribution in [1.29, 1.82) is 0 Å². The third-order valence-corrected chi connectivity index (χ3v) is 5.23. The van der Waals surface area contributed by atoms with Gasteiger partial charge in [-0.05, 0) is 24.0 Å². The van der Waals surface area contributed by atoms with Gasteiger partial charge in [0.1, 0.15) is 0 Å². The molecule has 4 N–H and O–H groups in total. The number of H-pyrrole nitrogens is 1. The third kappa shape index (κ3) is 2.95. The normalized spacial score (nSPS) is 20.8. The lowest BCUT2D eigenvalue weighted by Gasteiger charge is -2.23. The van der Waals surface area contributed by atoms with E-state index in [1.165, 1.54) is 0 Å². The Balaban J connectivity index is 1.57. The van der Waals surface area contributed by atoms with Crippen LogP contribution in [-0.4, -0.2) is 26.5 Å². The van der Waals surface area contributed by atoms with Crippen molar-refractivity contribution in [2.24, 2.45) is 5.92 Å². The molecule has 1 aromatic carbocycles. The van der Waals surface area contributed by atoms with Gasteiger partial charge in [-0.1, -0.05) is 18.2 Å². The maximum absolute atomic E-state index is 13.0. The Hall–Kier alpha value is -2.10. The van der Waals surface area contributed by atoms with Crippen LogP contribution >= 0.6 is 0 Å². The first-order chi connectivity index (χ1) is 12.4. The van der Waals surface area contributed by atoms with Gasteiger partial charge in [0.25, 0.3) is 0 Å². The standard InChI is InChI=1S/C17H19F3N4O2/c18-17(19,20)10-4-5-13-14(6-10)22-16(21-13)24-7-9-2-1-3-11(12(9)8-24)15(25)23-26/h1-3,10,15,23,25-26H,4-8H2,(H,21,22)/t10-,15?/m0/s1. The second kappa shape index (κ2) is 6.26. The van der Waals surface area contributed by atoms with Gasteiger partial charge in [-0.25, -0.2) is 4.98 Å². The number of aliphatic hydroxyl groups is 1. The predicted molar refractivity (Wildman–Crippen MR) is 86.4 cm³/mol. The molecule has 2 heterocycles. The summed E-state index contributed by atoms with van der Waals surface area (Å²) in [5.41, 5.74) is 5.53. The summed E-state index contributed by atoms with van der Waals surface area (Å²) in [4.78, 5) is 9.49. The first-order valence-corrected chi connectivity index (χ1v) is 8.44. The minimum atomic E-state index is -4.19. The third-order valence-electron chi connectivity index (χ3n) is 5.23. The summed E-state index contributed by atoms with van der Waals surface area (Å²) in [6.07, 6.45) is -5.06. The van der Waals surface area contributed by atoms with Gasteiger partial charge in [0.2, 0.25) is 5.95 Å². The van der Waals surface area contributed by atoms with Crippen LogP contribution < -0.4 is 10.4 Å². The van der Waals surface area contributed by atoms with E-state index in [4.69, 9.17) is 5.21 Å². The molecule has 1 aliphatic heterocycles. The number of anilines is 1.